The minimum absolute atomic E-state index is 0.899. The lowest BCUT2D eigenvalue weighted by atomic mass is 10.0. The van der Waals surface area contributed by atoms with E-state index in [4.69, 9.17) is 4.42 Å². The lowest BCUT2D eigenvalue weighted by molar-refractivity contribution is 0.668. The maximum atomic E-state index is 6.30. The van der Waals surface area contributed by atoms with Crippen molar-refractivity contribution in [1.82, 2.24) is 9.13 Å². The summed E-state index contributed by atoms with van der Waals surface area (Å²) >= 11 is 0. The van der Waals surface area contributed by atoms with Crippen molar-refractivity contribution in [2.24, 2.45) is 0 Å². The first kappa shape index (κ1) is 26.5. The fourth-order valence-corrected chi connectivity index (χ4v) is 8.10. The minimum Gasteiger partial charge on any atom is -0.456 e. The van der Waals surface area contributed by atoms with Crippen LogP contribution in [0.1, 0.15) is 0 Å². The Kier molecular flexibility index (Phi) is 5.38. The van der Waals surface area contributed by atoms with Gasteiger partial charge in [-0.3, -0.25) is 0 Å². The average molecular weight is 625 g/mol. The number of furan rings is 1. The van der Waals surface area contributed by atoms with Gasteiger partial charge in [0.05, 0.1) is 27.8 Å². The highest BCUT2D eigenvalue weighted by molar-refractivity contribution is 6.13. The Morgan fingerprint density at radius 3 is 1.80 bits per heavy atom. The van der Waals surface area contributed by atoms with Gasteiger partial charge in [-0.2, -0.15) is 0 Å². The van der Waals surface area contributed by atoms with Crippen LogP contribution in [0.15, 0.2) is 174 Å². The second kappa shape index (κ2) is 9.96. The largest absolute Gasteiger partial charge is 0.456 e. The molecule has 0 aliphatic heterocycles. The van der Waals surface area contributed by atoms with Gasteiger partial charge < -0.3 is 13.6 Å². The number of hydrogen-bond donors (Lipinski definition) is 0. The lowest BCUT2D eigenvalue weighted by Gasteiger charge is -2.12. The second-order valence-corrected chi connectivity index (χ2v) is 12.9. The van der Waals surface area contributed by atoms with Crippen LogP contribution in [0, 0.1) is 0 Å². The highest BCUT2D eigenvalue weighted by Gasteiger charge is 2.18. The van der Waals surface area contributed by atoms with E-state index in [0.717, 1.165) is 27.6 Å². The minimum atomic E-state index is 0.899. The summed E-state index contributed by atoms with van der Waals surface area (Å²) in [5, 5.41) is 9.74. The predicted molar refractivity (Wildman–Crippen MR) is 205 cm³/mol. The molecule has 0 unspecified atom stereocenters. The van der Waals surface area contributed by atoms with E-state index in [9.17, 15) is 0 Å². The standard InChI is InChI=1S/C46H28N2O/c1-2-12-33-29(10-1)11-9-18-40(33)48-42-17-7-3-13-34(42)36-23-20-31(27-44(36)48)30-21-25-43-39(26-30)35-14-4-6-16-41(35)47(43)32-22-24-38-37-15-5-8-19-45(37)49-46(38)28-32/h1-28H. The van der Waals surface area contributed by atoms with Gasteiger partial charge in [0.1, 0.15) is 11.2 Å². The first-order valence-corrected chi connectivity index (χ1v) is 16.8. The van der Waals surface area contributed by atoms with Crippen molar-refractivity contribution in [1.29, 1.82) is 0 Å². The molecular weight excluding hydrogens is 597 g/mol. The van der Waals surface area contributed by atoms with Crippen LogP contribution < -0.4 is 0 Å². The molecular formula is C46H28N2O. The molecule has 0 fully saturated rings. The smallest absolute Gasteiger partial charge is 0.137 e. The van der Waals surface area contributed by atoms with E-state index in [1.165, 1.54) is 71.2 Å². The highest BCUT2D eigenvalue weighted by Crippen LogP contribution is 2.40. The van der Waals surface area contributed by atoms with Gasteiger partial charge in [0.15, 0.2) is 0 Å². The van der Waals surface area contributed by atoms with Crippen LogP contribution in [0.5, 0.6) is 0 Å². The Morgan fingerprint density at radius 1 is 0.327 bits per heavy atom. The Hall–Kier alpha value is -6.58. The van der Waals surface area contributed by atoms with E-state index in [1.807, 2.05) is 12.1 Å². The Bertz CT molecular complexity index is 3110. The number of para-hydroxylation sites is 3. The normalized spacial score (nSPS) is 12.1. The summed E-state index contributed by atoms with van der Waals surface area (Å²) in [6, 6.07) is 61.4. The summed E-state index contributed by atoms with van der Waals surface area (Å²) in [4.78, 5) is 0. The molecule has 11 rings (SSSR count). The van der Waals surface area contributed by atoms with Gasteiger partial charge in [-0.25, -0.2) is 0 Å². The van der Waals surface area contributed by atoms with Gasteiger partial charge in [0, 0.05) is 49.5 Å². The maximum absolute atomic E-state index is 6.30. The van der Waals surface area contributed by atoms with Gasteiger partial charge in [-0.15, -0.1) is 0 Å². The van der Waals surface area contributed by atoms with Crippen molar-refractivity contribution in [3.05, 3.63) is 170 Å². The molecule has 0 spiro atoms. The Morgan fingerprint density at radius 2 is 0.918 bits per heavy atom. The fraction of sp³-hybridized carbons (Fsp3) is 0. The zero-order chi connectivity index (χ0) is 32.1. The maximum Gasteiger partial charge on any atom is 0.137 e. The van der Waals surface area contributed by atoms with Crippen LogP contribution in [0.4, 0.5) is 0 Å². The number of rotatable bonds is 3. The Labute approximate surface area is 281 Å². The summed E-state index contributed by atoms with van der Waals surface area (Å²) in [5.41, 5.74) is 11.3. The molecule has 3 heterocycles. The summed E-state index contributed by atoms with van der Waals surface area (Å²) in [5.74, 6) is 0. The van der Waals surface area contributed by atoms with E-state index < -0.39 is 0 Å². The van der Waals surface area contributed by atoms with Crippen molar-refractivity contribution in [2.75, 3.05) is 0 Å². The molecule has 0 aliphatic rings. The first-order chi connectivity index (χ1) is 24.3. The molecule has 0 aliphatic carbocycles. The van der Waals surface area contributed by atoms with Gasteiger partial charge in [-0.1, -0.05) is 109 Å². The zero-order valence-corrected chi connectivity index (χ0v) is 26.5. The molecule has 3 heteroatoms. The van der Waals surface area contributed by atoms with Gasteiger partial charge in [0.25, 0.3) is 0 Å². The highest BCUT2D eigenvalue weighted by atomic mass is 16.3. The van der Waals surface area contributed by atoms with E-state index >= 15 is 0 Å². The third-order valence-electron chi connectivity index (χ3n) is 10.3. The Balaban J connectivity index is 1.12. The van der Waals surface area contributed by atoms with Crippen molar-refractivity contribution in [3.63, 3.8) is 0 Å². The van der Waals surface area contributed by atoms with Gasteiger partial charge in [-0.05, 0) is 71.1 Å². The lowest BCUT2D eigenvalue weighted by Crippen LogP contribution is -1.95. The first-order valence-electron chi connectivity index (χ1n) is 16.8. The third-order valence-corrected chi connectivity index (χ3v) is 10.3. The van der Waals surface area contributed by atoms with Crippen LogP contribution >= 0.6 is 0 Å². The van der Waals surface area contributed by atoms with Crippen molar-refractivity contribution in [3.8, 4) is 22.5 Å². The SMILES string of the molecule is c1ccc2c(-n3c4ccccc4c4ccc(-c5ccc6c(c5)c5ccccc5n6-c5ccc6c(c5)oc5ccccc56)cc43)cccc2c1. The number of nitrogens with zero attached hydrogens (tertiary/aromatic N) is 2. The quantitative estimate of drug-likeness (QED) is 0.192. The topological polar surface area (TPSA) is 23.0 Å². The molecule has 0 radical (unpaired) electrons. The van der Waals surface area contributed by atoms with E-state index in [-0.39, 0.29) is 0 Å². The average Bonchev–Trinajstić information content (AvgIpc) is 3.81. The molecule has 3 nitrogen and oxygen atoms in total. The fourth-order valence-electron chi connectivity index (χ4n) is 8.10. The summed E-state index contributed by atoms with van der Waals surface area (Å²) in [6.45, 7) is 0. The van der Waals surface area contributed by atoms with Gasteiger partial charge >= 0.3 is 0 Å². The molecule has 49 heavy (non-hydrogen) atoms. The molecule has 0 bridgehead atoms. The molecule has 3 aromatic heterocycles. The van der Waals surface area contributed by atoms with Crippen LogP contribution in [-0.4, -0.2) is 9.13 Å². The summed E-state index contributed by atoms with van der Waals surface area (Å²) < 4.78 is 11.1. The third kappa shape index (κ3) is 3.78. The number of fused-ring (bicyclic) bond motifs is 10. The molecule has 0 saturated carbocycles. The predicted octanol–water partition coefficient (Wildman–Crippen LogP) is 12.6. The van der Waals surface area contributed by atoms with Crippen molar-refractivity contribution >= 4 is 76.3 Å². The molecule has 228 valence electrons. The van der Waals surface area contributed by atoms with Gasteiger partial charge in [0.2, 0.25) is 0 Å². The second-order valence-electron chi connectivity index (χ2n) is 12.9. The molecule has 0 saturated heterocycles. The van der Waals surface area contributed by atoms with Crippen LogP contribution in [0.25, 0.3) is 98.8 Å². The van der Waals surface area contributed by atoms with Crippen LogP contribution in [0.3, 0.4) is 0 Å². The van der Waals surface area contributed by atoms with Crippen LogP contribution in [0.2, 0.25) is 0 Å². The number of benzene rings is 8. The van der Waals surface area contributed by atoms with Crippen molar-refractivity contribution < 1.29 is 4.42 Å². The molecule has 0 N–H and O–H groups in total. The summed E-state index contributed by atoms with van der Waals surface area (Å²) in [6.07, 6.45) is 0. The zero-order valence-electron chi connectivity index (χ0n) is 26.5. The molecule has 0 amide bonds. The van der Waals surface area contributed by atoms with E-state index in [1.54, 1.807) is 0 Å². The van der Waals surface area contributed by atoms with Crippen molar-refractivity contribution in [2.45, 2.75) is 0 Å². The number of hydrogen-bond acceptors (Lipinski definition) is 1. The number of aromatic nitrogens is 2. The molecule has 0 atom stereocenters. The molecule has 8 aromatic carbocycles. The van der Waals surface area contributed by atoms with E-state index in [0.29, 0.717) is 0 Å². The molecule has 11 aromatic rings. The van der Waals surface area contributed by atoms with Crippen LogP contribution in [-0.2, 0) is 0 Å². The van der Waals surface area contributed by atoms with E-state index in [2.05, 4.69) is 167 Å². The summed E-state index contributed by atoms with van der Waals surface area (Å²) in [7, 11) is 0. The monoisotopic (exact) mass is 624 g/mol.